The molecule has 0 aromatic heterocycles. The maximum Gasteiger partial charge on any atom is 0.408 e. The summed E-state index contributed by atoms with van der Waals surface area (Å²) in [4.78, 5) is 60.7. The first-order valence-electron chi connectivity index (χ1n) is 15.9. The van der Waals surface area contributed by atoms with Crippen LogP contribution in [0.25, 0.3) is 0 Å². The van der Waals surface area contributed by atoms with Crippen LogP contribution in [-0.4, -0.2) is 71.6 Å². The van der Waals surface area contributed by atoms with E-state index in [1.54, 1.807) is 108 Å². The largest absolute Gasteiger partial charge is 0.459 e. The number of esters is 1. The molecule has 0 heterocycles. The first kappa shape index (κ1) is 40.7. The molecule has 0 aliphatic carbocycles. The number of amides is 4. The van der Waals surface area contributed by atoms with Crippen LogP contribution in [0.2, 0.25) is 0 Å². The van der Waals surface area contributed by atoms with E-state index in [2.05, 4.69) is 21.3 Å². The van der Waals surface area contributed by atoms with Crippen molar-refractivity contribution in [3.63, 3.8) is 0 Å². The number of hydrogen-bond acceptors (Lipinski definition) is 9. The fourth-order valence-electron chi connectivity index (χ4n) is 4.00. The molecule has 13 heteroatoms. The zero-order valence-corrected chi connectivity index (χ0v) is 29.8. The topological polar surface area (TPSA) is 181 Å². The van der Waals surface area contributed by atoms with Gasteiger partial charge < -0.3 is 40.6 Å². The van der Waals surface area contributed by atoms with Gasteiger partial charge >= 0.3 is 18.2 Å². The van der Waals surface area contributed by atoms with Crippen LogP contribution in [0.5, 0.6) is 0 Å². The van der Waals surface area contributed by atoms with Gasteiger partial charge in [0.25, 0.3) is 5.91 Å². The predicted molar refractivity (Wildman–Crippen MR) is 190 cm³/mol. The number of benzene rings is 3. The second-order valence-corrected chi connectivity index (χ2v) is 13.3. The Morgan fingerprint density at radius 3 is 1.50 bits per heavy atom. The van der Waals surface area contributed by atoms with E-state index < -0.39 is 59.9 Å². The summed E-state index contributed by atoms with van der Waals surface area (Å²) in [5, 5.41) is 19.4. The molecule has 3 aromatic rings. The molecule has 3 aromatic carbocycles. The molecule has 5 N–H and O–H groups in total. The van der Waals surface area contributed by atoms with Gasteiger partial charge in [0.1, 0.15) is 29.9 Å². The van der Waals surface area contributed by atoms with Gasteiger partial charge in [-0.05, 0) is 103 Å². The summed E-state index contributed by atoms with van der Waals surface area (Å²) in [6.07, 6.45) is -1.53. The van der Waals surface area contributed by atoms with Gasteiger partial charge in [0.2, 0.25) is 5.91 Å². The highest BCUT2D eigenvalue weighted by Crippen LogP contribution is 2.13. The molecule has 0 fully saturated rings. The highest BCUT2D eigenvalue weighted by Gasteiger charge is 2.27. The Hall–Kier alpha value is -5.43. The number of ether oxygens (including phenoxy) is 3. The minimum absolute atomic E-state index is 0.343. The van der Waals surface area contributed by atoms with E-state index in [0.717, 1.165) is 11.1 Å². The Morgan fingerprint density at radius 1 is 0.640 bits per heavy atom. The van der Waals surface area contributed by atoms with Gasteiger partial charge in [-0.1, -0.05) is 42.5 Å². The van der Waals surface area contributed by atoms with E-state index in [-0.39, 0.29) is 6.61 Å². The third kappa shape index (κ3) is 16.1. The number of aliphatic hydroxyl groups excluding tert-OH is 1. The molecule has 4 amide bonds. The van der Waals surface area contributed by atoms with Gasteiger partial charge in [-0.25, -0.2) is 14.4 Å². The Labute approximate surface area is 293 Å². The second-order valence-electron chi connectivity index (χ2n) is 13.3. The van der Waals surface area contributed by atoms with Crippen LogP contribution in [0, 0.1) is 13.8 Å². The van der Waals surface area contributed by atoms with Crippen LogP contribution in [0.3, 0.4) is 0 Å². The normalized spacial score (nSPS) is 12.1. The first-order valence-corrected chi connectivity index (χ1v) is 15.9. The molecule has 0 saturated carbocycles. The minimum atomic E-state index is -1.13. The molecule has 0 saturated heterocycles. The van der Waals surface area contributed by atoms with Crippen LogP contribution in [0.1, 0.15) is 63.0 Å². The van der Waals surface area contributed by atoms with Crippen LogP contribution >= 0.6 is 0 Å². The lowest BCUT2D eigenvalue weighted by atomic mass is 10.2. The quantitative estimate of drug-likeness (QED) is 0.135. The summed E-state index contributed by atoms with van der Waals surface area (Å²) >= 11 is 0. The average Bonchev–Trinajstić information content (AvgIpc) is 3.00. The Balaban J connectivity index is 0.000000366. The van der Waals surface area contributed by atoms with Gasteiger partial charge in [0.05, 0.1) is 12.2 Å². The maximum absolute atomic E-state index is 12.7. The predicted octanol–water partition coefficient (Wildman–Crippen LogP) is 5.50. The molecule has 0 spiro atoms. The Morgan fingerprint density at radius 2 is 1.08 bits per heavy atom. The number of nitrogens with one attached hydrogen (secondary N) is 4. The SMILES string of the molecule is Cc1cccc(NC(=O)[C@@H](CO)NC(=O)OC(C)(C)C)c1.Cc1cccc(NC(=O)[C@@H](COC(=O)c2ccccc2)NC(=O)OC(C)(C)C)c1. The van der Waals surface area contributed by atoms with Gasteiger partial charge in [0, 0.05) is 11.4 Å². The zero-order chi connectivity index (χ0) is 37.5. The monoisotopic (exact) mass is 692 g/mol. The molecule has 2 atom stereocenters. The smallest absolute Gasteiger partial charge is 0.408 e. The zero-order valence-electron chi connectivity index (χ0n) is 29.8. The van der Waals surface area contributed by atoms with Gasteiger partial charge in [-0.3, -0.25) is 9.59 Å². The molecule has 3 rings (SSSR count). The van der Waals surface area contributed by atoms with Crippen molar-refractivity contribution in [2.75, 3.05) is 23.8 Å². The van der Waals surface area contributed by atoms with Crippen LogP contribution < -0.4 is 21.3 Å². The number of hydrogen-bond donors (Lipinski definition) is 5. The van der Waals surface area contributed by atoms with Gasteiger partial charge in [-0.15, -0.1) is 0 Å². The minimum Gasteiger partial charge on any atom is -0.459 e. The van der Waals surface area contributed by atoms with E-state index >= 15 is 0 Å². The summed E-state index contributed by atoms with van der Waals surface area (Å²) < 4.78 is 15.5. The van der Waals surface area contributed by atoms with Crippen molar-refractivity contribution >= 4 is 41.3 Å². The van der Waals surface area contributed by atoms with E-state index in [9.17, 15) is 29.1 Å². The highest BCUT2D eigenvalue weighted by molar-refractivity contribution is 5.98. The maximum atomic E-state index is 12.7. The summed E-state index contributed by atoms with van der Waals surface area (Å²) in [5.74, 6) is -1.62. The van der Waals surface area contributed by atoms with E-state index in [1.807, 2.05) is 26.0 Å². The molecule has 0 aliphatic heterocycles. The summed E-state index contributed by atoms with van der Waals surface area (Å²) in [5.41, 5.74) is 2.08. The molecule has 13 nitrogen and oxygen atoms in total. The van der Waals surface area contributed by atoms with E-state index in [4.69, 9.17) is 14.2 Å². The highest BCUT2D eigenvalue weighted by atomic mass is 16.6. The lowest BCUT2D eigenvalue weighted by molar-refractivity contribution is -0.119. The van der Waals surface area contributed by atoms with Crippen molar-refractivity contribution < 1.29 is 43.3 Å². The molecule has 270 valence electrons. The fourth-order valence-corrected chi connectivity index (χ4v) is 4.00. The van der Waals surface area contributed by atoms with Crippen molar-refractivity contribution in [1.82, 2.24) is 10.6 Å². The van der Waals surface area contributed by atoms with Crippen LogP contribution in [0.15, 0.2) is 78.9 Å². The summed E-state index contributed by atoms with van der Waals surface area (Å²) in [7, 11) is 0. The average molecular weight is 693 g/mol. The van der Waals surface area contributed by atoms with Crippen molar-refractivity contribution in [1.29, 1.82) is 0 Å². The molecule has 0 unspecified atom stereocenters. The fraction of sp³-hybridized carbons (Fsp3) is 0.378. The van der Waals surface area contributed by atoms with Crippen LogP contribution in [0.4, 0.5) is 21.0 Å². The number of alkyl carbamates (subject to hydrolysis) is 2. The van der Waals surface area contributed by atoms with Crippen molar-refractivity contribution in [2.45, 2.75) is 78.7 Å². The molecule has 0 radical (unpaired) electrons. The Bertz CT molecular complexity index is 1600. The third-order valence-electron chi connectivity index (χ3n) is 6.16. The summed E-state index contributed by atoms with van der Waals surface area (Å²) in [6, 6.07) is 20.6. The molecular weight excluding hydrogens is 644 g/mol. The summed E-state index contributed by atoms with van der Waals surface area (Å²) in [6.45, 7) is 13.2. The first-order chi connectivity index (χ1) is 23.3. The number of carbonyl (C=O) groups is 5. The lowest BCUT2D eigenvalue weighted by Crippen LogP contribution is -2.48. The Kier molecular flexibility index (Phi) is 15.4. The molecular formula is C37H48N4O9. The van der Waals surface area contributed by atoms with E-state index in [0.29, 0.717) is 16.9 Å². The number of aliphatic hydroxyl groups is 1. The number of rotatable bonds is 10. The standard InChI is InChI=1S/C22H26N2O5.C15H22N2O4/c1-15-9-8-12-17(13-15)23-19(25)18(24-21(27)29-22(2,3)4)14-28-20(26)16-10-6-5-7-11-16;1-10-6-5-7-11(8-10)16-13(19)12(9-18)17-14(20)21-15(2,3)4/h5-13,18H,14H2,1-4H3,(H,23,25)(H,24,27);5-8,12,18H,9H2,1-4H3,(H,16,19)(H,17,20)/t18-;12-/m11/s1. The molecule has 50 heavy (non-hydrogen) atoms. The second kappa shape index (κ2) is 18.9. The van der Waals surface area contributed by atoms with Crippen molar-refractivity contribution in [3.8, 4) is 0 Å². The molecule has 0 bridgehead atoms. The van der Waals surface area contributed by atoms with Gasteiger partial charge in [0.15, 0.2) is 0 Å². The molecule has 0 aliphatic rings. The number of aryl methyl sites for hydroxylation is 2. The van der Waals surface area contributed by atoms with Crippen molar-refractivity contribution in [2.24, 2.45) is 0 Å². The lowest BCUT2D eigenvalue weighted by Gasteiger charge is -2.23. The van der Waals surface area contributed by atoms with Crippen molar-refractivity contribution in [3.05, 3.63) is 95.6 Å². The van der Waals surface area contributed by atoms with Gasteiger partial charge in [-0.2, -0.15) is 0 Å². The van der Waals surface area contributed by atoms with E-state index in [1.165, 1.54) is 0 Å². The van der Waals surface area contributed by atoms with Crippen LogP contribution in [-0.2, 0) is 23.8 Å². The number of carbonyl (C=O) groups excluding carboxylic acids is 5. The number of anilines is 2. The third-order valence-corrected chi connectivity index (χ3v) is 6.16.